The minimum atomic E-state index is -0.771. The summed E-state index contributed by atoms with van der Waals surface area (Å²) in [5.41, 5.74) is -0.732. The van der Waals surface area contributed by atoms with Crippen molar-refractivity contribution in [2.45, 2.75) is 46.5 Å². The Balaban J connectivity index is 2.49. The van der Waals surface area contributed by atoms with E-state index in [9.17, 15) is 14.7 Å². The zero-order valence-corrected chi connectivity index (χ0v) is 12.2. The van der Waals surface area contributed by atoms with Crippen LogP contribution in [0.4, 0.5) is 4.79 Å². The lowest BCUT2D eigenvalue weighted by atomic mass is 9.83. The van der Waals surface area contributed by atoms with E-state index in [0.29, 0.717) is 38.4 Å². The molecule has 0 aromatic rings. The molecule has 0 spiro atoms. The standard InChI is InChI=1S/C14H26N2O3/c1-4-6-14(12(17)18)7-9-16(10-14)13(19)15-8-5-11(2)3/h11H,4-10H2,1-3H3,(H,15,19)(H,17,18). The van der Waals surface area contributed by atoms with Crippen molar-refractivity contribution in [2.75, 3.05) is 19.6 Å². The molecule has 1 aliphatic rings. The van der Waals surface area contributed by atoms with E-state index in [0.717, 1.165) is 12.8 Å². The van der Waals surface area contributed by atoms with Crippen molar-refractivity contribution in [3.8, 4) is 0 Å². The van der Waals surface area contributed by atoms with Gasteiger partial charge in [-0.2, -0.15) is 0 Å². The predicted octanol–water partition coefficient (Wildman–Crippen LogP) is 2.32. The maximum absolute atomic E-state index is 12.0. The Bertz CT molecular complexity index is 331. The minimum absolute atomic E-state index is 0.125. The van der Waals surface area contributed by atoms with E-state index in [4.69, 9.17) is 0 Å². The SMILES string of the molecule is CCCC1(C(=O)O)CCN(C(=O)NCCC(C)C)C1. The molecule has 1 aliphatic heterocycles. The van der Waals surface area contributed by atoms with Gasteiger partial charge in [-0.05, 0) is 25.2 Å². The summed E-state index contributed by atoms with van der Waals surface area (Å²) in [7, 11) is 0. The van der Waals surface area contributed by atoms with Crippen LogP contribution in [0.2, 0.25) is 0 Å². The summed E-state index contributed by atoms with van der Waals surface area (Å²) < 4.78 is 0. The van der Waals surface area contributed by atoms with Gasteiger partial charge in [-0.25, -0.2) is 4.79 Å². The molecule has 2 N–H and O–H groups in total. The summed E-state index contributed by atoms with van der Waals surface area (Å²) in [6, 6.07) is -0.125. The zero-order valence-electron chi connectivity index (χ0n) is 12.2. The Hall–Kier alpha value is -1.26. The Labute approximate surface area is 115 Å². The van der Waals surface area contributed by atoms with Gasteiger partial charge in [0.15, 0.2) is 0 Å². The Morgan fingerprint density at radius 3 is 2.63 bits per heavy atom. The van der Waals surface area contributed by atoms with Gasteiger partial charge in [0.05, 0.1) is 5.41 Å². The molecule has 5 nitrogen and oxygen atoms in total. The van der Waals surface area contributed by atoms with E-state index >= 15 is 0 Å². The molecule has 0 bridgehead atoms. The van der Waals surface area contributed by atoms with Crippen LogP contribution >= 0.6 is 0 Å². The van der Waals surface area contributed by atoms with Crippen LogP contribution in [0.25, 0.3) is 0 Å². The molecule has 1 heterocycles. The number of amides is 2. The number of aliphatic carboxylic acids is 1. The average Bonchev–Trinajstić information content (AvgIpc) is 2.74. The Morgan fingerprint density at radius 1 is 1.42 bits per heavy atom. The van der Waals surface area contributed by atoms with Gasteiger partial charge in [0.1, 0.15) is 0 Å². The minimum Gasteiger partial charge on any atom is -0.481 e. The molecule has 19 heavy (non-hydrogen) atoms. The summed E-state index contributed by atoms with van der Waals surface area (Å²) in [6.07, 6.45) is 2.97. The van der Waals surface area contributed by atoms with Gasteiger partial charge < -0.3 is 15.3 Å². The Morgan fingerprint density at radius 2 is 2.11 bits per heavy atom. The van der Waals surface area contributed by atoms with Crippen molar-refractivity contribution < 1.29 is 14.7 Å². The first-order valence-electron chi connectivity index (χ1n) is 7.17. The van der Waals surface area contributed by atoms with Crippen LogP contribution in [0.15, 0.2) is 0 Å². The molecule has 0 aromatic carbocycles. The van der Waals surface area contributed by atoms with E-state index in [1.165, 1.54) is 0 Å². The first-order chi connectivity index (χ1) is 8.91. The van der Waals surface area contributed by atoms with Gasteiger partial charge in [0.2, 0.25) is 0 Å². The van der Waals surface area contributed by atoms with E-state index < -0.39 is 11.4 Å². The largest absolute Gasteiger partial charge is 0.481 e. The van der Waals surface area contributed by atoms with Crippen molar-refractivity contribution in [2.24, 2.45) is 11.3 Å². The van der Waals surface area contributed by atoms with Crippen LogP contribution in [-0.2, 0) is 4.79 Å². The van der Waals surface area contributed by atoms with Crippen molar-refractivity contribution in [1.82, 2.24) is 10.2 Å². The number of carboxylic acid groups (broad SMARTS) is 1. The molecule has 1 unspecified atom stereocenters. The van der Waals surface area contributed by atoms with Crippen LogP contribution in [0, 0.1) is 11.3 Å². The normalized spacial score (nSPS) is 22.8. The van der Waals surface area contributed by atoms with Gasteiger partial charge in [0, 0.05) is 19.6 Å². The second kappa shape index (κ2) is 6.78. The number of carbonyl (C=O) groups is 2. The smallest absolute Gasteiger partial charge is 0.317 e. The molecule has 5 heteroatoms. The molecule has 1 rings (SSSR count). The lowest BCUT2D eigenvalue weighted by Crippen LogP contribution is -2.42. The second-order valence-corrected chi connectivity index (χ2v) is 5.92. The number of hydrogen-bond donors (Lipinski definition) is 2. The summed E-state index contributed by atoms with van der Waals surface area (Å²) in [5.74, 6) is -0.219. The molecule has 110 valence electrons. The maximum atomic E-state index is 12.0. The lowest BCUT2D eigenvalue weighted by Gasteiger charge is -2.24. The van der Waals surface area contributed by atoms with Gasteiger partial charge in [0.25, 0.3) is 0 Å². The average molecular weight is 270 g/mol. The molecule has 2 amide bonds. The third kappa shape index (κ3) is 4.11. The van der Waals surface area contributed by atoms with Crippen molar-refractivity contribution in [3.05, 3.63) is 0 Å². The van der Waals surface area contributed by atoms with E-state index in [-0.39, 0.29) is 6.03 Å². The van der Waals surface area contributed by atoms with Gasteiger partial charge in [-0.1, -0.05) is 27.2 Å². The second-order valence-electron chi connectivity index (χ2n) is 5.92. The number of hydrogen-bond acceptors (Lipinski definition) is 2. The molecular weight excluding hydrogens is 244 g/mol. The highest BCUT2D eigenvalue weighted by Crippen LogP contribution is 2.35. The van der Waals surface area contributed by atoms with E-state index in [1.807, 2.05) is 6.92 Å². The fourth-order valence-corrected chi connectivity index (χ4v) is 2.59. The number of nitrogens with one attached hydrogen (secondary N) is 1. The molecule has 1 atom stereocenters. The fourth-order valence-electron chi connectivity index (χ4n) is 2.59. The Kier molecular flexibility index (Phi) is 5.63. The first kappa shape index (κ1) is 15.8. The fraction of sp³-hybridized carbons (Fsp3) is 0.857. The van der Waals surface area contributed by atoms with Crippen molar-refractivity contribution >= 4 is 12.0 Å². The highest BCUT2D eigenvalue weighted by molar-refractivity contribution is 5.79. The third-order valence-corrected chi connectivity index (χ3v) is 3.82. The molecule has 1 fully saturated rings. The van der Waals surface area contributed by atoms with Crippen LogP contribution in [0.5, 0.6) is 0 Å². The molecule has 0 saturated carbocycles. The van der Waals surface area contributed by atoms with Crippen molar-refractivity contribution in [1.29, 1.82) is 0 Å². The molecule has 0 aromatic heterocycles. The zero-order chi connectivity index (χ0) is 14.5. The lowest BCUT2D eigenvalue weighted by molar-refractivity contribution is -0.148. The summed E-state index contributed by atoms with van der Waals surface area (Å²) in [6.45, 7) is 7.73. The summed E-state index contributed by atoms with van der Waals surface area (Å²) >= 11 is 0. The predicted molar refractivity (Wildman–Crippen MR) is 74.0 cm³/mol. The van der Waals surface area contributed by atoms with Crippen LogP contribution in [0.3, 0.4) is 0 Å². The highest BCUT2D eigenvalue weighted by atomic mass is 16.4. The molecule has 0 aliphatic carbocycles. The first-order valence-corrected chi connectivity index (χ1v) is 7.17. The van der Waals surface area contributed by atoms with E-state index in [1.54, 1.807) is 4.90 Å². The van der Waals surface area contributed by atoms with Gasteiger partial charge in [-0.3, -0.25) is 4.79 Å². The molecular formula is C14H26N2O3. The van der Waals surface area contributed by atoms with Gasteiger partial charge >= 0.3 is 12.0 Å². The number of likely N-dealkylation sites (tertiary alicyclic amines) is 1. The highest BCUT2D eigenvalue weighted by Gasteiger charge is 2.45. The number of nitrogens with zero attached hydrogens (tertiary/aromatic N) is 1. The maximum Gasteiger partial charge on any atom is 0.317 e. The number of rotatable bonds is 6. The number of carbonyl (C=O) groups excluding carboxylic acids is 1. The quantitative estimate of drug-likeness (QED) is 0.778. The third-order valence-electron chi connectivity index (χ3n) is 3.82. The van der Waals surface area contributed by atoms with Crippen LogP contribution < -0.4 is 5.32 Å². The molecule has 0 radical (unpaired) electrons. The van der Waals surface area contributed by atoms with Crippen LogP contribution in [-0.4, -0.2) is 41.6 Å². The topological polar surface area (TPSA) is 69.6 Å². The van der Waals surface area contributed by atoms with Crippen LogP contribution in [0.1, 0.15) is 46.5 Å². The number of carboxylic acids is 1. The monoisotopic (exact) mass is 270 g/mol. The van der Waals surface area contributed by atoms with E-state index in [2.05, 4.69) is 19.2 Å². The van der Waals surface area contributed by atoms with Gasteiger partial charge in [-0.15, -0.1) is 0 Å². The summed E-state index contributed by atoms with van der Waals surface area (Å²) in [4.78, 5) is 25.0. The molecule has 1 saturated heterocycles. The van der Waals surface area contributed by atoms with Crippen molar-refractivity contribution in [3.63, 3.8) is 0 Å². The summed E-state index contributed by atoms with van der Waals surface area (Å²) in [5, 5.41) is 12.3. The number of urea groups is 1.